The predicted octanol–water partition coefficient (Wildman–Crippen LogP) is 4.76. The average molecular weight is 650 g/mol. The highest BCUT2D eigenvalue weighted by molar-refractivity contribution is 5.98. The highest BCUT2D eigenvalue weighted by Crippen LogP contribution is 2.32. The molecule has 0 spiro atoms. The molecule has 4 unspecified atom stereocenters. The zero-order valence-corrected chi connectivity index (χ0v) is 26.5. The number of amides is 2. The molecule has 47 heavy (non-hydrogen) atoms. The van der Waals surface area contributed by atoms with E-state index in [1.165, 1.54) is 31.5 Å². The Bertz CT molecular complexity index is 1640. The second-order valence-corrected chi connectivity index (χ2v) is 11.7. The van der Waals surface area contributed by atoms with Crippen LogP contribution in [-0.4, -0.2) is 73.4 Å². The van der Waals surface area contributed by atoms with E-state index in [0.29, 0.717) is 30.5 Å². The van der Waals surface area contributed by atoms with Crippen LogP contribution in [0, 0.1) is 29.3 Å². The lowest BCUT2D eigenvalue weighted by Gasteiger charge is -2.39. The third-order valence-electron chi connectivity index (χ3n) is 8.75. The number of carbonyl (C=O) groups is 2. The van der Waals surface area contributed by atoms with E-state index in [9.17, 15) is 18.4 Å². The number of methoxy groups -OCH3 is 2. The number of rotatable bonds is 10. The van der Waals surface area contributed by atoms with E-state index < -0.39 is 41.4 Å². The molecule has 1 aromatic heterocycles. The van der Waals surface area contributed by atoms with Crippen LogP contribution in [0.3, 0.4) is 0 Å². The van der Waals surface area contributed by atoms with Crippen LogP contribution in [0.5, 0.6) is 5.88 Å². The first-order valence-corrected chi connectivity index (χ1v) is 15.6. The quantitative estimate of drug-likeness (QED) is 0.272. The number of fused-ring (bicyclic) bond motifs is 5. The molecule has 2 aromatic carbocycles. The lowest BCUT2D eigenvalue weighted by atomic mass is 9.85. The highest BCUT2D eigenvalue weighted by atomic mass is 19.2. The van der Waals surface area contributed by atoms with Gasteiger partial charge in [0.15, 0.2) is 11.6 Å². The molecule has 6 atom stereocenters. The SMILES string of the molecule is COC(=O)N[C@H](C(=O)Nc1cccc(F)c1CCC1CNC2C#CC(C)N1CCC2)[C@H](c1ccc(OC)nc1)c1ccc(F)c(F)c1. The molecule has 1 saturated heterocycles. The van der Waals surface area contributed by atoms with Gasteiger partial charge in [0.2, 0.25) is 11.8 Å². The Balaban J connectivity index is 1.46. The fourth-order valence-corrected chi connectivity index (χ4v) is 6.28. The summed E-state index contributed by atoms with van der Waals surface area (Å²) in [5.41, 5.74) is 1.11. The van der Waals surface area contributed by atoms with Gasteiger partial charge in [-0.2, -0.15) is 0 Å². The highest BCUT2D eigenvalue weighted by Gasteiger charge is 2.35. The van der Waals surface area contributed by atoms with E-state index in [4.69, 9.17) is 9.47 Å². The standard InChI is InChI=1S/C35H38F3N5O4/c1-21-9-12-24-6-5-17-43(21)25(20-39-24)13-14-26-27(36)7-4-8-30(26)41-34(44)33(42-35(45)47-3)32(22-10-15-28(37)29(38)18-22)23-11-16-31(46-2)40-19-23/h4,7-8,10-11,15-16,18-19,21,24-25,32-33,39H,5-6,13-14,17,20H2,1-3H3,(H,41,44)(H,42,45)/t21?,24?,25?,32-,33-/m0/s1. The third kappa shape index (κ3) is 8.04. The number of nitrogens with one attached hydrogen (secondary N) is 3. The Morgan fingerprint density at radius 3 is 2.60 bits per heavy atom. The summed E-state index contributed by atoms with van der Waals surface area (Å²) in [5, 5.41) is 8.86. The number of anilines is 1. The topological polar surface area (TPSA) is 105 Å². The minimum absolute atomic E-state index is 0.0653. The Labute approximate surface area is 272 Å². The van der Waals surface area contributed by atoms with Gasteiger partial charge in [0.05, 0.1) is 26.3 Å². The number of alkyl carbamates (subject to hydrolysis) is 1. The first-order valence-electron chi connectivity index (χ1n) is 15.6. The van der Waals surface area contributed by atoms with Crippen molar-refractivity contribution in [1.29, 1.82) is 0 Å². The van der Waals surface area contributed by atoms with Gasteiger partial charge >= 0.3 is 6.09 Å². The van der Waals surface area contributed by atoms with Crippen molar-refractivity contribution in [2.45, 2.75) is 62.7 Å². The van der Waals surface area contributed by atoms with Gasteiger partial charge < -0.3 is 25.4 Å². The Kier molecular flexibility index (Phi) is 11.0. The Morgan fingerprint density at radius 2 is 1.87 bits per heavy atom. The van der Waals surface area contributed by atoms with Gasteiger partial charge in [-0.3, -0.25) is 9.69 Å². The first kappa shape index (κ1) is 33.8. The molecule has 2 bridgehead atoms. The molecule has 248 valence electrons. The molecule has 2 amide bonds. The van der Waals surface area contributed by atoms with Crippen molar-refractivity contribution in [3.8, 4) is 17.7 Å². The second kappa shape index (κ2) is 15.3. The monoisotopic (exact) mass is 649 g/mol. The second-order valence-electron chi connectivity index (χ2n) is 11.7. The predicted molar refractivity (Wildman–Crippen MR) is 170 cm³/mol. The van der Waals surface area contributed by atoms with Crippen molar-refractivity contribution in [3.63, 3.8) is 0 Å². The van der Waals surface area contributed by atoms with Crippen LogP contribution in [0.4, 0.5) is 23.7 Å². The Morgan fingerprint density at radius 1 is 1.06 bits per heavy atom. The molecule has 12 heteroatoms. The van der Waals surface area contributed by atoms with Crippen LogP contribution in [0.2, 0.25) is 0 Å². The van der Waals surface area contributed by atoms with E-state index in [0.717, 1.165) is 38.6 Å². The summed E-state index contributed by atoms with van der Waals surface area (Å²) in [5.74, 6) is 2.43. The molecule has 3 aliphatic rings. The fourth-order valence-electron chi connectivity index (χ4n) is 6.28. The number of ether oxygens (including phenoxy) is 2. The lowest BCUT2D eigenvalue weighted by molar-refractivity contribution is -0.118. The van der Waals surface area contributed by atoms with Crippen LogP contribution in [0.1, 0.15) is 48.8 Å². The van der Waals surface area contributed by atoms with Crippen molar-refractivity contribution in [2.75, 3.05) is 32.6 Å². The minimum atomic E-state index is -1.42. The zero-order valence-electron chi connectivity index (χ0n) is 26.5. The summed E-state index contributed by atoms with van der Waals surface area (Å²) in [6.45, 7) is 3.68. The number of hydrogen-bond acceptors (Lipinski definition) is 7. The van der Waals surface area contributed by atoms with Gasteiger partial charge in [-0.05, 0) is 74.5 Å². The van der Waals surface area contributed by atoms with E-state index >= 15 is 4.39 Å². The summed E-state index contributed by atoms with van der Waals surface area (Å²) in [6.07, 6.45) is 3.38. The molecular formula is C35H38F3N5O4. The summed E-state index contributed by atoms with van der Waals surface area (Å²) in [4.78, 5) is 33.2. The normalized spacial score (nSPS) is 21.6. The number of carbonyl (C=O) groups excluding carboxylic acids is 2. The molecule has 0 aliphatic carbocycles. The van der Waals surface area contributed by atoms with E-state index in [-0.39, 0.29) is 35.3 Å². The first-order chi connectivity index (χ1) is 22.7. The summed E-state index contributed by atoms with van der Waals surface area (Å²) in [7, 11) is 2.57. The third-order valence-corrected chi connectivity index (χ3v) is 8.75. The van der Waals surface area contributed by atoms with Crippen molar-refractivity contribution >= 4 is 17.7 Å². The molecule has 3 aliphatic heterocycles. The summed E-state index contributed by atoms with van der Waals surface area (Å²) < 4.78 is 53.9. The van der Waals surface area contributed by atoms with E-state index in [2.05, 4.69) is 44.6 Å². The number of pyridine rings is 1. The van der Waals surface area contributed by atoms with Crippen molar-refractivity contribution < 1.29 is 32.2 Å². The molecule has 9 nitrogen and oxygen atoms in total. The maximum atomic E-state index is 15.4. The molecule has 0 saturated carbocycles. The average Bonchev–Trinajstić information content (AvgIpc) is 3.05. The largest absolute Gasteiger partial charge is 0.481 e. The molecular weight excluding hydrogens is 611 g/mol. The van der Waals surface area contributed by atoms with Crippen molar-refractivity contribution in [3.05, 3.63) is 88.9 Å². The smallest absolute Gasteiger partial charge is 0.407 e. The molecule has 6 rings (SSSR count). The van der Waals surface area contributed by atoms with Crippen LogP contribution in [0.25, 0.3) is 0 Å². The minimum Gasteiger partial charge on any atom is -0.481 e. The van der Waals surface area contributed by atoms with Gasteiger partial charge in [0.25, 0.3) is 0 Å². The lowest BCUT2D eigenvalue weighted by Crippen LogP contribution is -2.52. The van der Waals surface area contributed by atoms with Gasteiger partial charge in [-0.1, -0.05) is 30.0 Å². The molecule has 0 radical (unpaired) electrons. The Hall–Kier alpha value is -4.60. The van der Waals surface area contributed by atoms with Gasteiger partial charge in [0.1, 0.15) is 11.9 Å². The number of benzene rings is 2. The van der Waals surface area contributed by atoms with Gasteiger partial charge in [0, 0.05) is 42.0 Å². The van der Waals surface area contributed by atoms with Crippen molar-refractivity contribution in [1.82, 2.24) is 20.5 Å². The van der Waals surface area contributed by atoms with Crippen LogP contribution in [0.15, 0.2) is 54.7 Å². The number of nitrogens with zero attached hydrogens (tertiary/aromatic N) is 2. The summed E-state index contributed by atoms with van der Waals surface area (Å²) in [6, 6.07) is 9.65. The molecule has 3 aromatic rings. The number of halogens is 3. The van der Waals surface area contributed by atoms with Gasteiger partial charge in [-0.15, -0.1) is 0 Å². The maximum Gasteiger partial charge on any atom is 0.407 e. The molecule has 4 heterocycles. The maximum absolute atomic E-state index is 15.4. The zero-order chi connectivity index (χ0) is 33.5. The van der Waals surface area contributed by atoms with E-state index in [1.54, 1.807) is 18.2 Å². The van der Waals surface area contributed by atoms with Crippen LogP contribution >= 0.6 is 0 Å². The van der Waals surface area contributed by atoms with Crippen molar-refractivity contribution in [2.24, 2.45) is 0 Å². The van der Waals surface area contributed by atoms with Crippen LogP contribution in [-0.2, 0) is 16.0 Å². The fraction of sp³-hybridized carbons (Fsp3) is 0.400. The molecule has 1 fully saturated rings. The van der Waals surface area contributed by atoms with E-state index in [1.807, 2.05) is 0 Å². The van der Waals surface area contributed by atoms with Gasteiger partial charge in [-0.25, -0.2) is 22.9 Å². The van der Waals surface area contributed by atoms with Crippen LogP contribution < -0.4 is 20.7 Å². The number of aromatic nitrogens is 1. The summed E-state index contributed by atoms with van der Waals surface area (Å²) >= 11 is 0. The number of hydrogen-bond donors (Lipinski definition) is 3. The molecule has 3 N–H and O–H groups in total.